The highest BCUT2D eigenvalue weighted by Gasteiger charge is 2.31. The van der Waals surface area contributed by atoms with Gasteiger partial charge in [-0.25, -0.2) is 0 Å². The van der Waals surface area contributed by atoms with E-state index >= 15 is 0 Å². The Balaban J connectivity index is 1.83. The molecule has 7 heteroatoms. The van der Waals surface area contributed by atoms with Gasteiger partial charge in [0.25, 0.3) is 5.91 Å². The Bertz CT molecular complexity index is 503. The Morgan fingerprint density at radius 3 is 2.64 bits per heavy atom. The standard InChI is InChI=1S/C15H19F3N2O2/c1-11-3-2-8-20(9-11)10-14(21)19-12-4-6-13(7-5-12)22-15(16,17)18/h4-7,11H,2-3,8-10H2,1H3,(H,19,21)/p+1/t11-/m0/s1. The SMILES string of the molecule is C[C@H]1CCC[NH+](CC(=O)Nc2ccc(OC(F)(F)F)cc2)C1. The van der Waals surface area contributed by atoms with E-state index in [4.69, 9.17) is 0 Å². The molecule has 1 aromatic rings. The van der Waals surface area contributed by atoms with Crippen LogP contribution in [0.4, 0.5) is 18.9 Å². The second-order valence-electron chi connectivity index (χ2n) is 5.75. The topological polar surface area (TPSA) is 42.8 Å². The van der Waals surface area contributed by atoms with Crippen molar-refractivity contribution in [2.24, 2.45) is 5.92 Å². The number of likely N-dealkylation sites (tertiary alicyclic amines) is 1. The molecule has 122 valence electrons. The maximum absolute atomic E-state index is 12.0. The lowest BCUT2D eigenvalue weighted by molar-refractivity contribution is -0.900. The zero-order chi connectivity index (χ0) is 16.2. The van der Waals surface area contributed by atoms with Crippen molar-refractivity contribution in [1.29, 1.82) is 0 Å². The van der Waals surface area contributed by atoms with Crippen LogP contribution in [-0.2, 0) is 4.79 Å². The average Bonchev–Trinajstić information content (AvgIpc) is 2.39. The third kappa shape index (κ3) is 5.55. The molecule has 0 aliphatic carbocycles. The first kappa shape index (κ1) is 16.6. The lowest BCUT2D eigenvalue weighted by Gasteiger charge is -2.27. The molecular weight excluding hydrogens is 297 g/mol. The van der Waals surface area contributed by atoms with Gasteiger partial charge in [-0.3, -0.25) is 4.79 Å². The summed E-state index contributed by atoms with van der Waals surface area (Å²) in [7, 11) is 0. The number of anilines is 1. The molecule has 1 aliphatic heterocycles. The number of carbonyl (C=O) groups is 1. The molecular formula is C15H20F3N2O2+. The lowest BCUT2D eigenvalue weighted by atomic mass is 10.0. The Labute approximate surface area is 127 Å². The molecule has 22 heavy (non-hydrogen) atoms. The number of alkyl halides is 3. The molecule has 2 atom stereocenters. The van der Waals surface area contributed by atoms with Crippen LogP contribution in [0.3, 0.4) is 0 Å². The largest absolute Gasteiger partial charge is 0.573 e. The fraction of sp³-hybridized carbons (Fsp3) is 0.533. The minimum absolute atomic E-state index is 0.131. The van der Waals surface area contributed by atoms with Gasteiger partial charge >= 0.3 is 6.36 Å². The number of rotatable bonds is 4. The maximum Gasteiger partial charge on any atom is 0.573 e. The summed E-state index contributed by atoms with van der Waals surface area (Å²) in [4.78, 5) is 13.2. The molecule has 0 radical (unpaired) electrons. The number of amides is 1. The first-order valence-electron chi connectivity index (χ1n) is 7.31. The normalized spacial score (nSPS) is 22.2. The number of ether oxygens (including phenoxy) is 1. The van der Waals surface area contributed by atoms with Crippen molar-refractivity contribution in [2.45, 2.75) is 26.1 Å². The number of hydrogen-bond donors (Lipinski definition) is 2. The Morgan fingerprint density at radius 1 is 1.36 bits per heavy atom. The number of carbonyl (C=O) groups excluding carboxylic acids is 1. The molecule has 2 rings (SSSR count). The molecule has 0 bridgehead atoms. The van der Waals surface area contributed by atoms with E-state index < -0.39 is 6.36 Å². The van der Waals surface area contributed by atoms with Crippen LogP contribution in [0.25, 0.3) is 0 Å². The number of hydrogen-bond acceptors (Lipinski definition) is 2. The molecule has 1 saturated heterocycles. The number of piperidine rings is 1. The first-order chi connectivity index (χ1) is 10.3. The van der Waals surface area contributed by atoms with Crippen LogP contribution >= 0.6 is 0 Å². The van der Waals surface area contributed by atoms with Gasteiger partial charge in [0.05, 0.1) is 13.1 Å². The quantitative estimate of drug-likeness (QED) is 0.890. The van der Waals surface area contributed by atoms with Crippen LogP contribution in [0.5, 0.6) is 5.75 Å². The van der Waals surface area contributed by atoms with Crippen LogP contribution in [0, 0.1) is 5.92 Å². The molecule has 2 N–H and O–H groups in total. The van der Waals surface area contributed by atoms with E-state index in [1.807, 2.05) is 0 Å². The summed E-state index contributed by atoms with van der Waals surface area (Å²) >= 11 is 0. The summed E-state index contributed by atoms with van der Waals surface area (Å²) in [5.74, 6) is 0.185. The number of nitrogens with one attached hydrogen (secondary N) is 2. The van der Waals surface area contributed by atoms with Gasteiger partial charge in [0.2, 0.25) is 0 Å². The second kappa shape index (κ2) is 7.00. The number of quaternary nitrogens is 1. The van der Waals surface area contributed by atoms with Crippen LogP contribution in [-0.4, -0.2) is 31.9 Å². The predicted molar refractivity (Wildman–Crippen MR) is 75.7 cm³/mol. The number of benzene rings is 1. The van der Waals surface area contributed by atoms with Crippen molar-refractivity contribution in [3.63, 3.8) is 0 Å². The van der Waals surface area contributed by atoms with Crippen molar-refractivity contribution >= 4 is 11.6 Å². The van der Waals surface area contributed by atoms with Gasteiger partial charge in [-0.15, -0.1) is 13.2 Å². The molecule has 0 saturated carbocycles. The first-order valence-corrected chi connectivity index (χ1v) is 7.31. The Morgan fingerprint density at radius 2 is 2.05 bits per heavy atom. The molecule has 1 aliphatic rings. The molecule has 1 unspecified atom stereocenters. The Hall–Kier alpha value is -1.76. The van der Waals surface area contributed by atoms with E-state index in [1.54, 1.807) is 0 Å². The van der Waals surface area contributed by atoms with Gasteiger partial charge in [-0.05, 0) is 37.1 Å². The summed E-state index contributed by atoms with van der Waals surface area (Å²) in [6.07, 6.45) is -2.39. The fourth-order valence-electron chi connectivity index (χ4n) is 2.73. The van der Waals surface area contributed by atoms with E-state index in [-0.39, 0.29) is 11.7 Å². The van der Waals surface area contributed by atoms with E-state index in [2.05, 4.69) is 17.0 Å². The highest BCUT2D eigenvalue weighted by atomic mass is 19.4. The molecule has 1 amide bonds. The highest BCUT2D eigenvalue weighted by Crippen LogP contribution is 2.23. The summed E-state index contributed by atoms with van der Waals surface area (Å²) in [5, 5.41) is 2.70. The van der Waals surface area contributed by atoms with Crippen molar-refractivity contribution < 1.29 is 27.6 Å². The minimum atomic E-state index is -4.71. The van der Waals surface area contributed by atoms with E-state index in [0.29, 0.717) is 18.2 Å². The van der Waals surface area contributed by atoms with Crippen molar-refractivity contribution in [3.8, 4) is 5.75 Å². The summed E-state index contributed by atoms with van der Waals surface area (Å²) in [5.41, 5.74) is 0.462. The van der Waals surface area contributed by atoms with Crippen molar-refractivity contribution in [1.82, 2.24) is 0 Å². The van der Waals surface area contributed by atoms with Gasteiger partial charge < -0.3 is 15.0 Å². The average molecular weight is 317 g/mol. The molecule has 4 nitrogen and oxygen atoms in total. The minimum Gasteiger partial charge on any atom is -0.406 e. The van der Waals surface area contributed by atoms with E-state index in [0.717, 1.165) is 19.5 Å². The van der Waals surface area contributed by atoms with Gasteiger partial charge in [-0.1, -0.05) is 6.92 Å². The third-order valence-electron chi connectivity index (χ3n) is 3.65. The summed E-state index contributed by atoms with van der Waals surface area (Å²) in [6.45, 7) is 4.52. The zero-order valence-corrected chi connectivity index (χ0v) is 12.4. The fourth-order valence-corrected chi connectivity index (χ4v) is 2.73. The smallest absolute Gasteiger partial charge is 0.406 e. The molecule has 1 aromatic carbocycles. The lowest BCUT2D eigenvalue weighted by Crippen LogP contribution is -3.14. The third-order valence-corrected chi connectivity index (χ3v) is 3.65. The zero-order valence-electron chi connectivity index (χ0n) is 12.4. The van der Waals surface area contributed by atoms with Crippen LogP contribution in [0.1, 0.15) is 19.8 Å². The van der Waals surface area contributed by atoms with Gasteiger partial charge in [0.1, 0.15) is 5.75 Å². The van der Waals surface area contributed by atoms with Gasteiger partial charge in [-0.2, -0.15) is 0 Å². The maximum atomic E-state index is 12.0. The monoisotopic (exact) mass is 317 g/mol. The predicted octanol–water partition coefficient (Wildman–Crippen LogP) is 1.84. The molecule has 1 fully saturated rings. The second-order valence-corrected chi connectivity index (χ2v) is 5.75. The number of halogens is 3. The van der Waals surface area contributed by atoms with Crippen LogP contribution in [0.2, 0.25) is 0 Å². The summed E-state index contributed by atoms with van der Waals surface area (Å²) < 4.78 is 39.9. The van der Waals surface area contributed by atoms with Gasteiger partial charge in [0.15, 0.2) is 6.54 Å². The van der Waals surface area contributed by atoms with Crippen LogP contribution in [0.15, 0.2) is 24.3 Å². The van der Waals surface area contributed by atoms with Crippen LogP contribution < -0.4 is 15.0 Å². The van der Waals surface area contributed by atoms with E-state index in [1.165, 1.54) is 35.6 Å². The highest BCUT2D eigenvalue weighted by molar-refractivity contribution is 5.91. The molecule has 0 aromatic heterocycles. The Kier molecular flexibility index (Phi) is 5.28. The van der Waals surface area contributed by atoms with E-state index in [9.17, 15) is 18.0 Å². The summed E-state index contributed by atoms with van der Waals surface area (Å²) in [6, 6.07) is 5.15. The van der Waals surface area contributed by atoms with Crippen molar-refractivity contribution in [3.05, 3.63) is 24.3 Å². The van der Waals surface area contributed by atoms with Gasteiger partial charge in [0, 0.05) is 11.6 Å². The van der Waals surface area contributed by atoms with Crippen molar-refractivity contribution in [2.75, 3.05) is 25.0 Å². The molecule has 1 heterocycles. The molecule has 0 spiro atoms.